The fourth-order valence-electron chi connectivity index (χ4n) is 3.99. The van der Waals surface area contributed by atoms with Gasteiger partial charge in [-0.1, -0.05) is 12.1 Å². The zero-order valence-electron chi connectivity index (χ0n) is 19.5. The molecule has 36 heavy (non-hydrogen) atoms. The molecule has 2 aromatic carbocycles. The van der Waals surface area contributed by atoms with Gasteiger partial charge in [0.2, 0.25) is 0 Å². The Labute approximate surface area is 205 Å². The van der Waals surface area contributed by atoms with Gasteiger partial charge in [-0.3, -0.25) is 4.79 Å². The Morgan fingerprint density at radius 1 is 1.17 bits per heavy atom. The fourth-order valence-corrected chi connectivity index (χ4v) is 3.99. The second-order valence-corrected chi connectivity index (χ2v) is 8.09. The van der Waals surface area contributed by atoms with E-state index in [9.17, 15) is 22.4 Å². The van der Waals surface area contributed by atoms with E-state index in [1.807, 2.05) is 6.92 Å². The van der Waals surface area contributed by atoms with E-state index in [0.29, 0.717) is 42.3 Å². The molecule has 1 aliphatic heterocycles. The number of nitrogens with one attached hydrogen (secondary N) is 1. The zero-order valence-corrected chi connectivity index (χ0v) is 19.5. The number of carbonyl (C=O) groups excluding carboxylic acids is 1. The second kappa shape index (κ2) is 11.0. The number of hydrogen-bond donors (Lipinski definition) is 1. The number of para-hydroxylation sites is 1. The first-order valence-corrected chi connectivity index (χ1v) is 11.5. The number of amides is 1. The molecule has 192 valence electrons. The summed E-state index contributed by atoms with van der Waals surface area (Å²) in [4.78, 5) is 12.7. The molecule has 1 unspecified atom stereocenters. The molecule has 1 N–H and O–H groups in total. The van der Waals surface area contributed by atoms with E-state index in [-0.39, 0.29) is 12.1 Å². The molecule has 3 aromatic rings. The third-order valence-electron chi connectivity index (χ3n) is 5.52. The first-order valence-electron chi connectivity index (χ1n) is 11.5. The van der Waals surface area contributed by atoms with Gasteiger partial charge in [-0.05, 0) is 62.6 Å². The van der Waals surface area contributed by atoms with Crippen LogP contribution in [0.4, 0.5) is 17.6 Å². The monoisotopic (exact) mass is 507 g/mol. The lowest BCUT2D eigenvalue weighted by Gasteiger charge is -2.25. The SMILES string of the molecule is CCOc1ccc(F)cc1-c1cc(CNC(=O)c2ccccc2OC(F)(F)F)nn1C1CCCCO1. The topological polar surface area (TPSA) is 74.6 Å². The molecule has 2 heterocycles. The van der Waals surface area contributed by atoms with Crippen molar-refractivity contribution >= 4 is 5.91 Å². The van der Waals surface area contributed by atoms with Crippen LogP contribution >= 0.6 is 0 Å². The second-order valence-electron chi connectivity index (χ2n) is 8.09. The smallest absolute Gasteiger partial charge is 0.493 e. The molecule has 11 heteroatoms. The number of hydrogen-bond acceptors (Lipinski definition) is 5. The highest BCUT2D eigenvalue weighted by molar-refractivity contribution is 5.96. The minimum absolute atomic E-state index is 0.0921. The van der Waals surface area contributed by atoms with Crippen molar-refractivity contribution < 1.29 is 36.6 Å². The van der Waals surface area contributed by atoms with Gasteiger partial charge in [0.15, 0.2) is 6.23 Å². The summed E-state index contributed by atoms with van der Waals surface area (Å²) >= 11 is 0. The molecule has 1 fully saturated rings. The maximum Gasteiger partial charge on any atom is 0.573 e. The van der Waals surface area contributed by atoms with Crippen LogP contribution in [0, 0.1) is 5.82 Å². The third kappa shape index (κ3) is 6.14. The maximum atomic E-state index is 14.2. The van der Waals surface area contributed by atoms with Crippen LogP contribution in [0.3, 0.4) is 0 Å². The van der Waals surface area contributed by atoms with E-state index in [1.54, 1.807) is 10.7 Å². The van der Waals surface area contributed by atoms with Crippen molar-refractivity contribution in [3.8, 4) is 22.8 Å². The molecule has 4 rings (SSSR count). The summed E-state index contributed by atoms with van der Waals surface area (Å²) in [5.41, 5.74) is 1.15. The van der Waals surface area contributed by atoms with Gasteiger partial charge in [0.1, 0.15) is 17.3 Å². The third-order valence-corrected chi connectivity index (χ3v) is 5.52. The summed E-state index contributed by atoms with van der Waals surface area (Å²) in [6, 6.07) is 10.9. The quantitative estimate of drug-likeness (QED) is 0.401. The number of halogens is 4. The van der Waals surface area contributed by atoms with E-state index >= 15 is 0 Å². The number of rotatable bonds is 8. The Kier molecular flexibility index (Phi) is 7.78. The van der Waals surface area contributed by atoms with E-state index in [2.05, 4.69) is 15.2 Å². The number of alkyl halides is 3. The van der Waals surface area contributed by atoms with Crippen molar-refractivity contribution in [2.24, 2.45) is 0 Å². The fraction of sp³-hybridized carbons (Fsp3) is 0.360. The molecular weight excluding hydrogens is 482 g/mol. The molecule has 0 spiro atoms. The average Bonchev–Trinajstić information content (AvgIpc) is 3.28. The van der Waals surface area contributed by atoms with E-state index < -0.39 is 30.1 Å². The molecule has 1 atom stereocenters. The number of aromatic nitrogens is 2. The van der Waals surface area contributed by atoms with Gasteiger partial charge >= 0.3 is 6.36 Å². The normalized spacial score (nSPS) is 16.0. The Morgan fingerprint density at radius 2 is 1.97 bits per heavy atom. The van der Waals surface area contributed by atoms with Crippen molar-refractivity contribution in [1.29, 1.82) is 0 Å². The average molecular weight is 507 g/mol. The highest BCUT2D eigenvalue weighted by Crippen LogP contribution is 2.35. The molecule has 0 radical (unpaired) electrons. The molecule has 1 saturated heterocycles. The van der Waals surface area contributed by atoms with Crippen molar-refractivity contribution in [3.05, 3.63) is 65.6 Å². The molecule has 0 aliphatic carbocycles. The Morgan fingerprint density at radius 3 is 2.69 bits per heavy atom. The minimum atomic E-state index is -4.94. The summed E-state index contributed by atoms with van der Waals surface area (Å²) < 4.78 is 69.5. The molecule has 1 aromatic heterocycles. The van der Waals surface area contributed by atoms with Crippen LogP contribution in [-0.2, 0) is 11.3 Å². The Hall–Kier alpha value is -3.60. The summed E-state index contributed by atoms with van der Waals surface area (Å²) in [6.07, 6.45) is -2.79. The largest absolute Gasteiger partial charge is 0.573 e. The van der Waals surface area contributed by atoms with Crippen LogP contribution < -0.4 is 14.8 Å². The van der Waals surface area contributed by atoms with Crippen LogP contribution in [0.5, 0.6) is 11.5 Å². The van der Waals surface area contributed by atoms with Crippen LogP contribution in [-0.4, -0.2) is 35.3 Å². The number of ether oxygens (including phenoxy) is 3. The number of benzene rings is 2. The van der Waals surface area contributed by atoms with Gasteiger partial charge in [0.05, 0.1) is 30.1 Å². The lowest BCUT2D eigenvalue weighted by atomic mass is 10.1. The highest BCUT2D eigenvalue weighted by atomic mass is 19.4. The molecule has 1 aliphatic rings. The Bertz CT molecular complexity index is 1210. The standard InChI is InChI=1S/C25H25F4N3O4/c1-2-34-21-11-10-16(26)13-19(21)20-14-17(31-32(20)23-9-5-6-12-35-23)15-30-24(33)18-7-3-4-8-22(18)36-25(27,28)29/h3-4,7-8,10-11,13-14,23H,2,5-6,9,12,15H2,1H3,(H,30,33). The van der Waals surface area contributed by atoms with Crippen LogP contribution in [0.15, 0.2) is 48.5 Å². The van der Waals surface area contributed by atoms with Crippen molar-refractivity contribution in [2.75, 3.05) is 13.2 Å². The lowest BCUT2D eigenvalue weighted by molar-refractivity contribution is -0.274. The maximum absolute atomic E-state index is 14.2. The van der Waals surface area contributed by atoms with Crippen molar-refractivity contribution in [1.82, 2.24) is 15.1 Å². The summed E-state index contributed by atoms with van der Waals surface area (Å²) in [6.45, 7) is 2.64. The van der Waals surface area contributed by atoms with Crippen molar-refractivity contribution in [2.45, 2.75) is 45.3 Å². The summed E-state index contributed by atoms with van der Waals surface area (Å²) in [5, 5.41) is 7.16. The predicted octanol–water partition coefficient (Wildman–Crippen LogP) is 5.62. The van der Waals surface area contributed by atoms with Gasteiger partial charge in [-0.25, -0.2) is 9.07 Å². The number of nitrogens with zero attached hydrogens (tertiary/aromatic N) is 2. The Balaban J connectivity index is 1.62. The van der Waals surface area contributed by atoms with Crippen LogP contribution in [0.1, 0.15) is 48.5 Å². The highest BCUT2D eigenvalue weighted by Gasteiger charge is 2.33. The molecule has 1 amide bonds. The first kappa shape index (κ1) is 25.5. The van der Waals surface area contributed by atoms with Gasteiger partial charge in [0.25, 0.3) is 5.91 Å². The van der Waals surface area contributed by atoms with E-state index in [1.165, 1.54) is 36.4 Å². The molecule has 0 bridgehead atoms. The minimum Gasteiger partial charge on any atom is -0.493 e. The van der Waals surface area contributed by atoms with Gasteiger partial charge < -0.3 is 19.5 Å². The number of carbonyl (C=O) groups is 1. The van der Waals surface area contributed by atoms with E-state index in [0.717, 1.165) is 18.9 Å². The molecule has 7 nitrogen and oxygen atoms in total. The van der Waals surface area contributed by atoms with Gasteiger partial charge in [0, 0.05) is 12.2 Å². The van der Waals surface area contributed by atoms with Crippen LogP contribution in [0.2, 0.25) is 0 Å². The zero-order chi connectivity index (χ0) is 25.7. The lowest BCUT2D eigenvalue weighted by Crippen LogP contribution is -2.26. The molecular formula is C25H25F4N3O4. The predicted molar refractivity (Wildman–Crippen MR) is 122 cm³/mol. The first-order chi connectivity index (χ1) is 17.2. The van der Waals surface area contributed by atoms with Gasteiger partial charge in [-0.2, -0.15) is 5.10 Å². The van der Waals surface area contributed by atoms with Crippen LogP contribution in [0.25, 0.3) is 11.3 Å². The van der Waals surface area contributed by atoms with Gasteiger partial charge in [-0.15, -0.1) is 13.2 Å². The summed E-state index contributed by atoms with van der Waals surface area (Å²) in [5.74, 6) is -1.36. The summed E-state index contributed by atoms with van der Waals surface area (Å²) in [7, 11) is 0. The van der Waals surface area contributed by atoms with Crippen molar-refractivity contribution in [3.63, 3.8) is 0 Å². The molecule has 0 saturated carbocycles. The van der Waals surface area contributed by atoms with E-state index in [4.69, 9.17) is 9.47 Å².